The minimum atomic E-state index is -0.184. The summed E-state index contributed by atoms with van der Waals surface area (Å²) in [4.78, 5) is 10.9. The smallest absolute Gasteiger partial charge is 0.191 e. The van der Waals surface area contributed by atoms with Crippen LogP contribution < -0.4 is 15.5 Å². The van der Waals surface area contributed by atoms with E-state index in [0.717, 1.165) is 56.2 Å². The Morgan fingerprint density at radius 3 is 2.96 bits per heavy atom. The summed E-state index contributed by atoms with van der Waals surface area (Å²) in [7, 11) is 1.77. The number of aliphatic imine (C=N–C) groups is 1. The summed E-state index contributed by atoms with van der Waals surface area (Å²) >= 11 is 6.25. The molecule has 1 fully saturated rings. The maximum atomic E-state index is 13.2. The zero-order valence-corrected chi connectivity index (χ0v) is 19.0. The average molecular weight is 518 g/mol. The molecule has 0 bridgehead atoms. The zero-order valence-electron chi connectivity index (χ0n) is 15.9. The van der Waals surface area contributed by atoms with E-state index < -0.39 is 0 Å². The number of benzene rings is 1. The molecular formula is C20H26ClFIN5. The van der Waals surface area contributed by atoms with E-state index in [2.05, 4.69) is 25.5 Å². The van der Waals surface area contributed by atoms with Crippen molar-refractivity contribution in [1.82, 2.24) is 15.6 Å². The van der Waals surface area contributed by atoms with Crippen LogP contribution in [-0.2, 0) is 6.42 Å². The Bertz CT molecular complexity index is 789. The molecule has 28 heavy (non-hydrogen) atoms. The average Bonchev–Trinajstić information content (AvgIpc) is 3.13. The number of hydrogen-bond acceptors (Lipinski definition) is 3. The minimum absolute atomic E-state index is 0. The molecule has 1 aliphatic heterocycles. The first-order chi connectivity index (χ1) is 13.2. The van der Waals surface area contributed by atoms with Crippen molar-refractivity contribution >= 4 is 47.4 Å². The van der Waals surface area contributed by atoms with Crippen LogP contribution in [0.25, 0.3) is 0 Å². The molecule has 0 amide bonds. The highest BCUT2D eigenvalue weighted by atomic mass is 127. The van der Waals surface area contributed by atoms with E-state index >= 15 is 0 Å². The summed E-state index contributed by atoms with van der Waals surface area (Å²) in [6, 6.07) is 10.7. The third-order valence-corrected chi connectivity index (χ3v) is 4.91. The number of nitrogens with one attached hydrogen (secondary N) is 2. The van der Waals surface area contributed by atoms with Gasteiger partial charge in [-0.15, -0.1) is 24.0 Å². The first-order valence-electron chi connectivity index (χ1n) is 9.23. The zero-order chi connectivity index (χ0) is 19.1. The third-order valence-electron chi connectivity index (χ3n) is 4.61. The van der Waals surface area contributed by atoms with Crippen LogP contribution in [0.1, 0.15) is 18.4 Å². The van der Waals surface area contributed by atoms with Crippen LogP contribution >= 0.6 is 35.6 Å². The molecule has 2 aromatic rings. The number of aryl methyl sites for hydroxylation is 1. The van der Waals surface area contributed by atoms with Crippen molar-refractivity contribution in [2.75, 3.05) is 31.6 Å². The van der Waals surface area contributed by atoms with Crippen LogP contribution in [0, 0.1) is 5.82 Å². The molecule has 0 saturated carbocycles. The molecule has 8 heteroatoms. The van der Waals surface area contributed by atoms with Gasteiger partial charge in [-0.2, -0.15) is 0 Å². The number of anilines is 1. The highest BCUT2D eigenvalue weighted by Crippen LogP contribution is 2.25. The Morgan fingerprint density at radius 2 is 2.21 bits per heavy atom. The Kier molecular flexibility index (Phi) is 9.24. The summed E-state index contributed by atoms with van der Waals surface area (Å²) in [6.07, 6.45) is 4.50. The molecule has 152 valence electrons. The quantitative estimate of drug-likeness (QED) is 0.264. The number of hydrogen-bond donors (Lipinski definition) is 2. The van der Waals surface area contributed by atoms with Crippen molar-refractivity contribution < 1.29 is 4.39 Å². The van der Waals surface area contributed by atoms with E-state index in [1.807, 2.05) is 18.2 Å². The molecule has 1 unspecified atom stereocenters. The summed E-state index contributed by atoms with van der Waals surface area (Å²) in [5, 5.41) is 7.47. The lowest BCUT2D eigenvalue weighted by atomic mass is 10.1. The van der Waals surface area contributed by atoms with Crippen molar-refractivity contribution in [3.8, 4) is 0 Å². The molecule has 1 saturated heterocycles. The normalized spacial score (nSPS) is 16.6. The second-order valence-corrected chi connectivity index (χ2v) is 7.02. The van der Waals surface area contributed by atoms with Gasteiger partial charge in [0.25, 0.3) is 0 Å². The third kappa shape index (κ3) is 6.48. The van der Waals surface area contributed by atoms with Gasteiger partial charge in [0.15, 0.2) is 5.96 Å². The van der Waals surface area contributed by atoms with Gasteiger partial charge < -0.3 is 15.5 Å². The van der Waals surface area contributed by atoms with Crippen LogP contribution in [0.4, 0.5) is 10.2 Å². The maximum absolute atomic E-state index is 13.2. The first-order valence-corrected chi connectivity index (χ1v) is 9.60. The first kappa shape index (κ1) is 22.7. The van der Waals surface area contributed by atoms with Crippen LogP contribution in [-0.4, -0.2) is 43.7 Å². The summed E-state index contributed by atoms with van der Waals surface area (Å²) < 4.78 is 13.2. The fourth-order valence-electron chi connectivity index (χ4n) is 3.26. The Hall–Kier alpha value is -1.61. The molecule has 2 heterocycles. The standard InChI is InChI=1S/C20H25ClFN5.HI/c1-23-20(25-11-3-6-15-5-2-7-16(22)13-15)26-17-9-12-27(14-17)19-18(21)8-4-10-24-19;/h2,4-5,7-8,10,13,17H,3,6,9,11-12,14H2,1H3,(H2,23,25,26);1H. The lowest BCUT2D eigenvalue weighted by Gasteiger charge is -2.20. The second-order valence-electron chi connectivity index (χ2n) is 6.62. The van der Waals surface area contributed by atoms with E-state index in [1.165, 1.54) is 6.07 Å². The highest BCUT2D eigenvalue weighted by molar-refractivity contribution is 14.0. The number of pyridine rings is 1. The summed E-state index contributed by atoms with van der Waals surface area (Å²) in [5.41, 5.74) is 1.01. The molecule has 1 atom stereocenters. The number of rotatable bonds is 6. The summed E-state index contributed by atoms with van der Waals surface area (Å²) in [5.74, 6) is 1.44. The number of nitrogens with zero attached hydrogens (tertiary/aromatic N) is 3. The molecule has 3 rings (SSSR count). The van der Waals surface area contributed by atoms with Crippen molar-refractivity contribution in [2.24, 2.45) is 4.99 Å². The van der Waals surface area contributed by atoms with E-state index in [9.17, 15) is 4.39 Å². The number of aromatic nitrogens is 1. The Labute approximate surface area is 187 Å². The van der Waals surface area contributed by atoms with Gasteiger partial charge in [-0.25, -0.2) is 9.37 Å². The molecule has 2 N–H and O–H groups in total. The van der Waals surface area contributed by atoms with Crippen molar-refractivity contribution in [1.29, 1.82) is 0 Å². The number of halogens is 3. The fraction of sp³-hybridized carbons (Fsp3) is 0.400. The van der Waals surface area contributed by atoms with Crippen molar-refractivity contribution in [2.45, 2.75) is 25.3 Å². The topological polar surface area (TPSA) is 52.6 Å². The SMILES string of the molecule is CN=C(NCCCc1cccc(F)c1)NC1CCN(c2ncccc2Cl)C1.I. The molecule has 0 spiro atoms. The van der Waals surface area contributed by atoms with E-state index in [4.69, 9.17) is 11.6 Å². The Morgan fingerprint density at radius 1 is 1.36 bits per heavy atom. The largest absolute Gasteiger partial charge is 0.356 e. The van der Waals surface area contributed by atoms with E-state index in [1.54, 1.807) is 25.4 Å². The van der Waals surface area contributed by atoms with Crippen molar-refractivity contribution in [3.05, 3.63) is 59.0 Å². The summed E-state index contributed by atoms with van der Waals surface area (Å²) in [6.45, 7) is 2.52. The van der Waals surface area contributed by atoms with E-state index in [0.29, 0.717) is 5.02 Å². The molecule has 1 aromatic carbocycles. The molecule has 5 nitrogen and oxygen atoms in total. The fourth-order valence-corrected chi connectivity index (χ4v) is 3.50. The van der Waals surface area contributed by atoms with Crippen LogP contribution in [0.5, 0.6) is 0 Å². The highest BCUT2D eigenvalue weighted by Gasteiger charge is 2.25. The van der Waals surface area contributed by atoms with Gasteiger partial charge in [0.2, 0.25) is 0 Å². The molecule has 0 aliphatic carbocycles. The predicted molar refractivity (Wildman–Crippen MR) is 124 cm³/mol. The van der Waals surface area contributed by atoms with Gasteiger partial charge in [0.05, 0.1) is 5.02 Å². The maximum Gasteiger partial charge on any atom is 0.191 e. The Balaban J connectivity index is 0.00000280. The van der Waals surface area contributed by atoms with Gasteiger partial charge in [0, 0.05) is 38.9 Å². The van der Waals surface area contributed by atoms with Gasteiger partial charge in [-0.1, -0.05) is 23.7 Å². The van der Waals surface area contributed by atoms with Crippen molar-refractivity contribution in [3.63, 3.8) is 0 Å². The van der Waals surface area contributed by atoms with Crippen LogP contribution in [0.15, 0.2) is 47.6 Å². The van der Waals surface area contributed by atoms with Crippen LogP contribution in [0.2, 0.25) is 5.02 Å². The predicted octanol–water partition coefficient (Wildman–Crippen LogP) is 3.87. The van der Waals surface area contributed by atoms with Gasteiger partial charge in [-0.3, -0.25) is 4.99 Å². The molecule has 1 aliphatic rings. The lowest BCUT2D eigenvalue weighted by Crippen LogP contribution is -2.45. The molecule has 0 radical (unpaired) electrons. The van der Waals surface area contributed by atoms with Gasteiger partial charge in [0.1, 0.15) is 11.6 Å². The molecule has 1 aromatic heterocycles. The number of guanidine groups is 1. The van der Waals surface area contributed by atoms with E-state index in [-0.39, 0.29) is 35.8 Å². The lowest BCUT2D eigenvalue weighted by molar-refractivity contribution is 0.623. The van der Waals surface area contributed by atoms with Crippen LogP contribution in [0.3, 0.4) is 0 Å². The monoisotopic (exact) mass is 517 g/mol. The van der Waals surface area contributed by atoms with Gasteiger partial charge >= 0.3 is 0 Å². The molecular weight excluding hydrogens is 492 g/mol. The second kappa shape index (κ2) is 11.4. The minimum Gasteiger partial charge on any atom is -0.356 e. The van der Waals surface area contributed by atoms with Gasteiger partial charge in [-0.05, 0) is 49.1 Å².